The van der Waals surface area contributed by atoms with Gasteiger partial charge in [0.05, 0.1) is 18.1 Å². The van der Waals surface area contributed by atoms with Gasteiger partial charge in [0.2, 0.25) is 5.91 Å². The molecule has 5 heteroatoms. The van der Waals surface area contributed by atoms with E-state index in [4.69, 9.17) is 12.2 Å². The van der Waals surface area contributed by atoms with Gasteiger partial charge in [0.1, 0.15) is 4.32 Å². The molecule has 1 amide bonds. The highest BCUT2D eigenvalue weighted by Gasteiger charge is 2.37. The average Bonchev–Trinajstić information content (AvgIpc) is 3.06. The Balaban J connectivity index is 1.68. The number of hydrogen-bond acceptors (Lipinski definition) is 4. The molecular weight excluding hydrogens is 374 g/mol. The first-order valence-corrected chi connectivity index (χ1v) is 10.4. The molecule has 1 aliphatic rings. The van der Waals surface area contributed by atoms with Crippen LogP contribution < -0.4 is 0 Å². The second-order valence-electron chi connectivity index (χ2n) is 6.68. The van der Waals surface area contributed by atoms with Crippen LogP contribution in [0.1, 0.15) is 18.1 Å². The third kappa shape index (κ3) is 5.06. The molecule has 3 rings (SSSR count). The van der Waals surface area contributed by atoms with Crippen LogP contribution in [0.15, 0.2) is 66.7 Å². The summed E-state index contributed by atoms with van der Waals surface area (Å²) in [5, 5.41) is 10.5. The van der Waals surface area contributed by atoms with Crippen molar-refractivity contribution < 1.29 is 9.90 Å². The number of aliphatic hydroxyl groups is 1. The van der Waals surface area contributed by atoms with E-state index in [0.29, 0.717) is 4.32 Å². The van der Waals surface area contributed by atoms with Crippen molar-refractivity contribution in [3.8, 4) is 0 Å². The van der Waals surface area contributed by atoms with E-state index in [2.05, 4.69) is 12.1 Å². The van der Waals surface area contributed by atoms with Crippen molar-refractivity contribution in [2.75, 3.05) is 5.75 Å². The lowest BCUT2D eigenvalue weighted by molar-refractivity contribution is -0.134. The third-order valence-corrected chi connectivity index (χ3v) is 6.25. The Morgan fingerprint density at radius 1 is 1.22 bits per heavy atom. The van der Waals surface area contributed by atoms with E-state index in [1.807, 2.05) is 54.6 Å². The molecule has 1 N–H and O–H groups in total. The topological polar surface area (TPSA) is 40.5 Å². The molecule has 1 heterocycles. The fourth-order valence-corrected chi connectivity index (χ4v) is 4.50. The fraction of sp³-hybridized carbons (Fsp3) is 0.273. The Labute approximate surface area is 170 Å². The maximum Gasteiger partial charge on any atom is 0.234 e. The molecule has 0 saturated carbocycles. The van der Waals surface area contributed by atoms with Crippen molar-refractivity contribution >= 4 is 40.3 Å². The fourth-order valence-electron chi connectivity index (χ4n) is 3.07. The zero-order valence-electron chi connectivity index (χ0n) is 15.2. The molecule has 3 atom stereocenters. The summed E-state index contributed by atoms with van der Waals surface area (Å²) in [7, 11) is 0. The van der Waals surface area contributed by atoms with E-state index in [0.717, 1.165) is 17.7 Å². The number of rotatable bonds is 6. The largest absolute Gasteiger partial charge is 0.388 e. The Hall–Kier alpha value is -1.95. The molecule has 0 radical (unpaired) electrons. The van der Waals surface area contributed by atoms with Gasteiger partial charge in [-0.3, -0.25) is 9.69 Å². The van der Waals surface area contributed by atoms with Gasteiger partial charge in [-0.25, -0.2) is 0 Å². The molecule has 3 nitrogen and oxygen atoms in total. The number of benzene rings is 2. The minimum absolute atomic E-state index is 0.0325. The van der Waals surface area contributed by atoms with Crippen molar-refractivity contribution in [1.29, 1.82) is 0 Å². The zero-order valence-corrected chi connectivity index (χ0v) is 16.8. The summed E-state index contributed by atoms with van der Waals surface area (Å²) < 4.78 is 0.604. The molecule has 0 aromatic heterocycles. The van der Waals surface area contributed by atoms with Gasteiger partial charge in [-0.15, -0.1) is 0 Å². The van der Waals surface area contributed by atoms with E-state index in [1.54, 1.807) is 17.9 Å². The Bertz CT molecular complexity index is 808. The molecule has 1 fully saturated rings. The third-order valence-electron chi connectivity index (χ3n) is 4.70. The first-order chi connectivity index (χ1) is 13.1. The molecule has 140 valence electrons. The van der Waals surface area contributed by atoms with Crippen LogP contribution >= 0.6 is 24.0 Å². The van der Waals surface area contributed by atoms with Gasteiger partial charge in [0.25, 0.3) is 0 Å². The van der Waals surface area contributed by atoms with Gasteiger partial charge in [0, 0.05) is 5.75 Å². The summed E-state index contributed by atoms with van der Waals surface area (Å²) in [5.41, 5.74) is 2.17. The lowest BCUT2D eigenvalue weighted by Crippen LogP contribution is -2.45. The van der Waals surface area contributed by atoms with Crippen molar-refractivity contribution in [3.05, 3.63) is 77.9 Å². The standard InChI is InChI=1S/C22H23NO2S2/c1-16(20(24)13-12-17-8-4-2-5-9-17)21(25)23-19(15-27-22(23)26)14-18-10-6-3-7-11-18/h2-13,16,19-20,24H,14-15H2,1H3/b13-12+/t16-,19-,20-/m1/s1. The lowest BCUT2D eigenvalue weighted by Gasteiger charge is -2.28. The van der Waals surface area contributed by atoms with Gasteiger partial charge < -0.3 is 5.11 Å². The van der Waals surface area contributed by atoms with Crippen LogP contribution in [0, 0.1) is 5.92 Å². The van der Waals surface area contributed by atoms with E-state index >= 15 is 0 Å². The SMILES string of the molecule is C[C@@H](C(=O)N1C(=S)SC[C@H]1Cc1ccccc1)[C@H](O)/C=C/c1ccccc1. The summed E-state index contributed by atoms with van der Waals surface area (Å²) in [4.78, 5) is 14.7. The molecule has 0 aliphatic carbocycles. The van der Waals surface area contributed by atoms with Crippen molar-refractivity contribution in [3.63, 3.8) is 0 Å². The number of thioether (sulfide) groups is 1. The molecule has 0 spiro atoms. The van der Waals surface area contributed by atoms with Gasteiger partial charge in [-0.05, 0) is 17.5 Å². The highest BCUT2D eigenvalue weighted by molar-refractivity contribution is 8.23. The van der Waals surface area contributed by atoms with Gasteiger partial charge in [-0.2, -0.15) is 0 Å². The molecule has 1 saturated heterocycles. The molecule has 0 unspecified atom stereocenters. The monoisotopic (exact) mass is 397 g/mol. The Morgan fingerprint density at radius 2 is 1.85 bits per heavy atom. The van der Waals surface area contributed by atoms with Crippen molar-refractivity contribution in [1.82, 2.24) is 4.90 Å². The summed E-state index contributed by atoms with van der Waals surface area (Å²) in [6, 6.07) is 19.9. The second kappa shape index (κ2) is 9.31. The van der Waals surface area contributed by atoms with Crippen LogP contribution in [-0.4, -0.2) is 38.1 Å². The zero-order chi connectivity index (χ0) is 19.2. The smallest absolute Gasteiger partial charge is 0.234 e. The molecule has 1 aliphatic heterocycles. The average molecular weight is 398 g/mol. The number of carbonyl (C=O) groups is 1. The normalized spacial score (nSPS) is 19.4. The van der Waals surface area contributed by atoms with Crippen LogP contribution in [0.5, 0.6) is 0 Å². The van der Waals surface area contributed by atoms with Crippen LogP contribution in [-0.2, 0) is 11.2 Å². The first kappa shape index (κ1) is 19.8. The van der Waals surface area contributed by atoms with Crippen LogP contribution in [0.25, 0.3) is 6.08 Å². The number of thiocarbonyl (C=S) groups is 1. The molecular formula is C22H23NO2S2. The van der Waals surface area contributed by atoms with Crippen LogP contribution in [0.4, 0.5) is 0 Å². The Kier molecular flexibility index (Phi) is 6.83. The van der Waals surface area contributed by atoms with Crippen molar-refractivity contribution in [2.24, 2.45) is 5.92 Å². The van der Waals surface area contributed by atoms with Crippen LogP contribution in [0.3, 0.4) is 0 Å². The maximum atomic E-state index is 13.0. The minimum atomic E-state index is -0.858. The number of amides is 1. The van der Waals surface area contributed by atoms with Gasteiger partial charge in [0.15, 0.2) is 0 Å². The second-order valence-corrected chi connectivity index (χ2v) is 8.33. The number of aliphatic hydroxyl groups excluding tert-OH is 1. The quantitative estimate of drug-likeness (QED) is 0.743. The number of carbonyl (C=O) groups excluding carboxylic acids is 1. The van der Waals surface area contributed by atoms with E-state index in [-0.39, 0.29) is 11.9 Å². The van der Waals surface area contributed by atoms with E-state index < -0.39 is 12.0 Å². The highest BCUT2D eigenvalue weighted by Crippen LogP contribution is 2.29. The van der Waals surface area contributed by atoms with E-state index in [9.17, 15) is 9.90 Å². The predicted octanol–water partition coefficient (Wildman–Crippen LogP) is 4.17. The first-order valence-electron chi connectivity index (χ1n) is 9.01. The molecule has 27 heavy (non-hydrogen) atoms. The number of hydrogen-bond donors (Lipinski definition) is 1. The maximum absolute atomic E-state index is 13.0. The summed E-state index contributed by atoms with van der Waals surface area (Å²) in [5.74, 6) is 0.123. The van der Waals surface area contributed by atoms with Crippen LogP contribution in [0.2, 0.25) is 0 Å². The number of nitrogens with zero attached hydrogens (tertiary/aromatic N) is 1. The summed E-state index contributed by atoms with van der Waals surface area (Å²) >= 11 is 6.96. The molecule has 0 bridgehead atoms. The van der Waals surface area contributed by atoms with Gasteiger partial charge >= 0.3 is 0 Å². The van der Waals surface area contributed by atoms with Gasteiger partial charge in [-0.1, -0.05) is 104 Å². The summed E-state index contributed by atoms with van der Waals surface area (Å²) in [6.45, 7) is 1.76. The minimum Gasteiger partial charge on any atom is -0.388 e. The summed E-state index contributed by atoms with van der Waals surface area (Å²) in [6.07, 6.45) is 3.43. The Morgan fingerprint density at radius 3 is 2.52 bits per heavy atom. The predicted molar refractivity (Wildman–Crippen MR) is 116 cm³/mol. The molecule has 2 aromatic carbocycles. The van der Waals surface area contributed by atoms with Crippen molar-refractivity contribution in [2.45, 2.75) is 25.5 Å². The van der Waals surface area contributed by atoms with E-state index in [1.165, 1.54) is 17.3 Å². The lowest BCUT2D eigenvalue weighted by atomic mass is 9.99. The molecule has 2 aromatic rings. The highest BCUT2D eigenvalue weighted by atomic mass is 32.2.